The van der Waals surface area contributed by atoms with E-state index in [0.717, 1.165) is 18.1 Å². The first-order chi connectivity index (χ1) is 8.83. The van der Waals surface area contributed by atoms with E-state index in [0.29, 0.717) is 5.92 Å². The van der Waals surface area contributed by atoms with Gasteiger partial charge in [0.15, 0.2) is 0 Å². The van der Waals surface area contributed by atoms with Crippen LogP contribution in [-0.4, -0.2) is 12.4 Å². The summed E-state index contributed by atoms with van der Waals surface area (Å²) in [7, 11) is 0. The number of aryl methyl sites for hydroxylation is 1. The summed E-state index contributed by atoms with van der Waals surface area (Å²) >= 11 is 1.93. The molecule has 1 aliphatic rings. The summed E-state index contributed by atoms with van der Waals surface area (Å²) in [6, 6.07) is 16.9. The second-order valence-electron chi connectivity index (χ2n) is 4.67. The van der Waals surface area contributed by atoms with E-state index in [2.05, 4.69) is 43.3 Å². The Hall–Kier alpha value is -1.41. The molecule has 0 radical (unpaired) electrons. The lowest BCUT2D eigenvalue weighted by Crippen LogP contribution is -2.09. The van der Waals surface area contributed by atoms with Gasteiger partial charge in [-0.25, -0.2) is 0 Å². The minimum absolute atomic E-state index is 0.520. The molecule has 3 rings (SSSR count). The number of rotatable bonds is 3. The van der Waals surface area contributed by atoms with Gasteiger partial charge in [0.25, 0.3) is 0 Å². The van der Waals surface area contributed by atoms with Gasteiger partial charge in [-0.1, -0.05) is 30.3 Å². The predicted molar refractivity (Wildman–Crippen MR) is 76.6 cm³/mol. The van der Waals surface area contributed by atoms with E-state index in [1.807, 2.05) is 23.9 Å². The van der Waals surface area contributed by atoms with E-state index >= 15 is 0 Å². The number of hydrogen-bond acceptors (Lipinski definition) is 2. The van der Waals surface area contributed by atoms with Crippen molar-refractivity contribution in [1.29, 1.82) is 0 Å². The molecular formula is C16H16OS. The van der Waals surface area contributed by atoms with Crippen molar-refractivity contribution in [3.05, 3.63) is 59.7 Å². The largest absolute Gasteiger partial charge is 0.493 e. The fraction of sp³-hybridized carbons (Fsp3) is 0.250. The molecule has 0 aromatic heterocycles. The summed E-state index contributed by atoms with van der Waals surface area (Å²) in [4.78, 5) is 1.41. The molecule has 18 heavy (non-hydrogen) atoms. The molecule has 1 nitrogen and oxygen atoms in total. The predicted octanol–water partition coefficient (Wildman–Crippen LogP) is 4.26. The van der Waals surface area contributed by atoms with Crippen LogP contribution in [0.5, 0.6) is 5.75 Å². The number of thioether (sulfide) groups is 1. The first kappa shape index (κ1) is 11.7. The van der Waals surface area contributed by atoms with E-state index < -0.39 is 0 Å². The first-order valence-electron chi connectivity index (χ1n) is 6.24. The zero-order valence-electron chi connectivity index (χ0n) is 10.4. The fourth-order valence-corrected chi connectivity index (χ4v) is 3.50. The highest BCUT2D eigenvalue weighted by Gasteiger charge is 2.23. The first-order valence-corrected chi connectivity index (χ1v) is 7.23. The zero-order valence-corrected chi connectivity index (χ0v) is 11.2. The topological polar surface area (TPSA) is 9.23 Å². The molecule has 0 fully saturated rings. The van der Waals surface area contributed by atoms with Gasteiger partial charge < -0.3 is 4.74 Å². The van der Waals surface area contributed by atoms with Crippen LogP contribution < -0.4 is 4.74 Å². The van der Waals surface area contributed by atoms with Crippen molar-refractivity contribution in [2.75, 3.05) is 12.4 Å². The number of benzene rings is 2. The smallest absolute Gasteiger partial charge is 0.119 e. The fourth-order valence-electron chi connectivity index (χ4n) is 2.27. The normalized spacial score (nSPS) is 17.5. The molecule has 2 aromatic carbocycles. The lowest BCUT2D eigenvalue weighted by Gasteiger charge is -2.12. The van der Waals surface area contributed by atoms with Crippen LogP contribution in [0.1, 0.15) is 17.0 Å². The Balaban J connectivity index is 1.69. The van der Waals surface area contributed by atoms with Crippen LogP contribution in [0.25, 0.3) is 0 Å². The van der Waals surface area contributed by atoms with Crippen LogP contribution in [0.4, 0.5) is 0 Å². The van der Waals surface area contributed by atoms with E-state index in [-0.39, 0.29) is 0 Å². The van der Waals surface area contributed by atoms with Gasteiger partial charge >= 0.3 is 0 Å². The maximum atomic E-state index is 5.91. The highest BCUT2D eigenvalue weighted by Crippen LogP contribution is 2.39. The Bertz CT molecular complexity index is 550. The summed E-state index contributed by atoms with van der Waals surface area (Å²) in [5.74, 6) is 2.63. The van der Waals surface area contributed by atoms with Crippen molar-refractivity contribution in [2.45, 2.75) is 17.7 Å². The average Bonchev–Trinajstić information content (AvgIpc) is 2.80. The van der Waals surface area contributed by atoms with Gasteiger partial charge in [-0.2, -0.15) is 0 Å². The molecule has 0 N–H and O–H groups in total. The van der Waals surface area contributed by atoms with Crippen molar-refractivity contribution in [3.8, 4) is 5.75 Å². The summed E-state index contributed by atoms with van der Waals surface area (Å²) < 4.78 is 5.91. The highest BCUT2D eigenvalue weighted by atomic mass is 32.2. The highest BCUT2D eigenvalue weighted by molar-refractivity contribution is 7.99. The molecule has 1 atom stereocenters. The maximum absolute atomic E-state index is 5.91. The quantitative estimate of drug-likeness (QED) is 0.811. The third kappa shape index (κ3) is 2.39. The minimum atomic E-state index is 0.520. The second kappa shape index (κ2) is 5.07. The van der Waals surface area contributed by atoms with E-state index in [1.54, 1.807) is 0 Å². The molecule has 0 amide bonds. The molecule has 0 saturated heterocycles. The molecule has 1 heterocycles. The van der Waals surface area contributed by atoms with Crippen molar-refractivity contribution >= 4 is 11.8 Å². The standard InChI is InChI=1S/C16H16OS/c1-12-5-4-6-14(9-12)17-10-13-11-18-16-8-3-2-7-15(13)16/h2-9,13H,10-11H2,1H3. The Morgan fingerprint density at radius 3 is 2.94 bits per heavy atom. The van der Waals surface area contributed by atoms with Crippen molar-refractivity contribution in [1.82, 2.24) is 0 Å². The van der Waals surface area contributed by atoms with Gasteiger partial charge in [0.1, 0.15) is 5.75 Å². The summed E-state index contributed by atoms with van der Waals surface area (Å²) in [5.41, 5.74) is 2.68. The number of hydrogen-bond donors (Lipinski definition) is 0. The zero-order chi connectivity index (χ0) is 12.4. The van der Waals surface area contributed by atoms with Gasteiger partial charge in [0.2, 0.25) is 0 Å². The lowest BCUT2D eigenvalue weighted by atomic mass is 10.0. The molecular weight excluding hydrogens is 240 g/mol. The number of fused-ring (bicyclic) bond motifs is 1. The van der Waals surface area contributed by atoms with Gasteiger partial charge in [-0.3, -0.25) is 0 Å². The Morgan fingerprint density at radius 1 is 1.17 bits per heavy atom. The molecule has 0 spiro atoms. The third-order valence-corrected chi connectivity index (χ3v) is 4.49. The van der Waals surface area contributed by atoms with Crippen molar-refractivity contribution < 1.29 is 4.74 Å². The van der Waals surface area contributed by atoms with Gasteiger partial charge in [0, 0.05) is 16.6 Å². The van der Waals surface area contributed by atoms with E-state index in [1.165, 1.54) is 16.0 Å². The van der Waals surface area contributed by atoms with Gasteiger partial charge in [-0.05, 0) is 36.2 Å². The molecule has 2 heteroatoms. The monoisotopic (exact) mass is 256 g/mol. The molecule has 0 bridgehead atoms. The van der Waals surface area contributed by atoms with Crippen LogP contribution in [0.3, 0.4) is 0 Å². The minimum Gasteiger partial charge on any atom is -0.493 e. The summed E-state index contributed by atoms with van der Waals surface area (Å²) in [5, 5.41) is 0. The van der Waals surface area contributed by atoms with Crippen molar-refractivity contribution in [2.24, 2.45) is 0 Å². The lowest BCUT2D eigenvalue weighted by molar-refractivity contribution is 0.298. The Kier molecular flexibility index (Phi) is 3.28. The van der Waals surface area contributed by atoms with Crippen LogP contribution in [0.2, 0.25) is 0 Å². The third-order valence-electron chi connectivity index (χ3n) is 3.24. The molecule has 2 aromatic rings. The van der Waals surface area contributed by atoms with E-state index in [4.69, 9.17) is 4.74 Å². The van der Waals surface area contributed by atoms with Gasteiger partial charge in [0.05, 0.1) is 6.61 Å². The SMILES string of the molecule is Cc1cccc(OCC2CSc3ccccc32)c1. The summed E-state index contributed by atoms with van der Waals surface area (Å²) in [6.45, 7) is 2.86. The van der Waals surface area contributed by atoms with Crippen LogP contribution in [0, 0.1) is 6.92 Å². The Morgan fingerprint density at radius 2 is 2.06 bits per heavy atom. The Labute approximate surface area is 112 Å². The van der Waals surface area contributed by atoms with E-state index in [9.17, 15) is 0 Å². The van der Waals surface area contributed by atoms with Crippen LogP contribution in [0.15, 0.2) is 53.4 Å². The maximum Gasteiger partial charge on any atom is 0.119 e. The average molecular weight is 256 g/mol. The van der Waals surface area contributed by atoms with Gasteiger partial charge in [-0.15, -0.1) is 11.8 Å². The molecule has 1 unspecified atom stereocenters. The summed E-state index contributed by atoms with van der Waals surface area (Å²) in [6.07, 6.45) is 0. The van der Waals surface area contributed by atoms with Crippen molar-refractivity contribution in [3.63, 3.8) is 0 Å². The second-order valence-corrected chi connectivity index (χ2v) is 5.74. The van der Waals surface area contributed by atoms with Crippen LogP contribution >= 0.6 is 11.8 Å². The molecule has 0 saturated carbocycles. The molecule has 92 valence electrons. The van der Waals surface area contributed by atoms with Crippen LogP contribution in [-0.2, 0) is 0 Å². The number of ether oxygens (including phenoxy) is 1. The molecule has 0 aliphatic carbocycles. The molecule has 1 aliphatic heterocycles.